The zero-order valence-corrected chi connectivity index (χ0v) is 15.6. The molecule has 2 rings (SSSR count). The Morgan fingerprint density at radius 1 is 1.07 bits per heavy atom. The standard InChI is InChI=1S/C21H23NO5/c1-20(2,3)27-19(26)21(22,18(24)25)12-14-7-9-16(10-8-14)17-6-4-5-15(11-17)13-23/h4-11,13H,12,22H2,1-3H3,(H,24,25)/t21-/m1/s1. The van der Waals surface area contributed by atoms with Gasteiger partial charge in [-0.05, 0) is 43.5 Å². The second-order valence-electron chi connectivity index (χ2n) is 7.40. The molecule has 1 atom stereocenters. The number of hydrogen-bond acceptors (Lipinski definition) is 5. The summed E-state index contributed by atoms with van der Waals surface area (Å²) in [7, 11) is 0. The number of ether oxygens (including phenoxy) is 1. The van der Waals surface area contributed by atoms with Gasteiger partial charge >= 0.3 is 11.9 Å². The molecule has 0 unspecified atom stereocenters. The molecule has 0 aliphatic carbocycles. The van der Waals surface area contributed by atoms with Gasteiger partial charge in [0.25, 0.3) is 0 Å². The Hall–Kier alpha value is -2.99. The van der Waals surface area contributed by atoms with E-state index in [4.69, 9.17) is 10.5 Å². The number of aldehydes is 1. The van der Waals surface area contributed by atoms with Crippen LogP contribution in [0.15, 0.2) is 48.5 Å². The van der Waals surface area contributed by atoms with E-state index in [1.165, 1.54) is 0 Å². The van der Waals surface area contributed by atoms with Crippen molar-refractivity contribution in [2.75, 3.05) is 0 Å². The van der Waals surface area contributed by atoms with Crippen molar-refractivity contribution in [1.82, 2.24) is 0 Å². The topological polar surface area (TPSA) is 107 Å². The summed E-state index contributed by atoms with van der Waals surface area (Å²) in [6.07, 6.45) is 0.570. The van der Waals surface area contributed by atoms with Crippen molar-refractivity contribution in [3.63, 3.8) is 0 Å². The van der Waals surface area contributed by atoms with Crippen LogP contribution in [-0.2, 0) is 20.7 Å². The fourth-order valence-corrected chi connectivity index (χ4v) is 2.53. The van der Waals surface area contributed by atoms with E-state index >= 15 is 0 Å². The smallest absolute Gasteiger partial charge is 0.338 e. The van der Waals surface area contributed by atoms with Crippen LogP contribution < -0.4 is 5.73 Å². The number of aliphatic carboxylic acids is 1. The maximum absolute atomic E-state index is 12.3. The number of carbonyl (C=O) groups excluding carboxylic acids is 2. The van der Waals surface area contributed by atoms with Crippen LogP contribution >= 0.6 is 0 Å². The summed E-state index contributed by atoms with van der Waals surface area (Å²) in [6.45, 7) is 4.94. The number of benzene rings is 2. The van der Waals surface area contributed by atoms with E-state index in [1.807, 2.05) is 6.07 Å². The molecule has 0 heterocycles. The number of nitrogens with two attached hydrogens (primary N) is 1. The van der Waals surface area contributed by atoms with Crippen molar-refractivity contribution in [3.8, 4) is 11.1 Å². The van der Waals surface area contributed by atoms with Crippen LogP contribution in [0.5, 0.6) is 0 Å². The van der Waals surface area contributed by atoms with Gasteiger partial charge in [0.15, 0.2) is 0 Å². The summed E-state index contributed by atoms with van der Waals surface area (Å²) in [5, 5.41) is 9.49. The van der Waals surface area contributed by atoms with Gasteiger partial charge < -0.3 is 15.6 Å². The minimum absolute atomic E-state index is 0.202. The second-order valence-corrected chi connectivity index (χ2v) is 7.40. The number of carboxylic acid groups (broad SMARTS) is 1. The first-order valence-corrected chi connectivity index (χ1v) is 8.45. The van der Waals surface area contributed by atoms with Crippen molar-refractivity contribution in [3.05, 3.63) is 59.7 Å². The van der Waals surface area contributed by atoms with Gasteiger partial charge in [0.05, 0.1) is 0 Å². The molecule has 0 aliphatic heterocycles. The minimum Gasteiger partial charge on any atom is -0.479 e. The summed E-state index contributed by atoms with van der Waals surface area (Å²) < 4.78 is 5.18. The largest absolute Gasteiger partial charge is 0.479 e. The van der Waals surface area contributed by atoms with Gasteiger partial charge in [-0.15, -0.1) is 0 Å². The molecule has 2 aromatic carbocycles. The Morgan fingerprint density at radius 3 is 2.22 bits per heavy atom. The third-order valence-electron chi connectivity index (χ3n) is 3.94. The number of rotatable bonds is 6. The van der Waals surface area contributed by atoms with Crippen LogP contribution in [-0.4, -0.2) is 34.5 Å². The Bertz CT molecular complexity index is 852. The summed E-state index contributed by atoms with van der Waals surface area (Å²) in [6, 6.07) is 14.1. The van der Waals surface area contributed by atoms with Gasteiger partial charge in [0.1, 0.15) is 11.9 Å². The van der Waals surface area contributed by atoms with Crippen LogP contribution in [0.4, 0.5) is 0 Å². The molecular weight excluding hydrogens is 346 g/mol. The molecule has 0 fully saturated rings. The average molecular weight is 369 g/mol. The van der Waals surface area contributed by atoms with Gasteiger partial charge in [-0.2, -0.15) is 0 Å². The highest BCUT2D eigenvalue weighted by molar-refractivity contribution is 6.04. The SMILES string of the molecule is CC(C)(C)OC(=O)[C@@](N)(Cc1ccc(-c2cccc(C=O)c2)cc1)C(=O)O. The van der Waals surface area contributed by atoms with E-state index in [0.29, 0.717) is 11.1 Å². The van der Waals surface area contributed by atoms with E-state index in [1.54, 1.807) is 63.2 Å². The molecule has 0 spiro atoms. The quantitative estimate of drug-likeness (QED) is 0.461. The first-order valence-electron chi connectivity index (χ1n) is 8.45. The van der Waals surface area contributed by atoms with E-state index in [0.717, 1.165) is 17.4 Å². The summed E-state index contributed by atoms with van der Waals surface area (Å²) in [5.41, 5.74) is 5.74. The zero-order chi connectivity index (χ0) is 20.2. The van der Waals surface area contributed by atoms with E-state index in [-0.39, 0.29) is 6.42 Å². The van der Waals surface area contributed by atoms with Crippen molar-refractivity contribution in [2.24, 2.45) is 5.73 Å². The molecule has 0 aromatic heterocycles. The minimum atomic E-state index is -2.17. The molecular formula is C21H23NO5. The molecule has 0 aliphatic rings. The van der Waals surface area contributed by atoms with E-state index in [9.17, 15) is 19.5 Å². The molecule has 0 radical (unpaired) electrons. The third-order valence-corrected chi connectivity index (χ3v) is 3.94. The highest BCUT2D eigenvalue weighted by atomic mass is 16.6. The molecule has 0 saturated heterocycles. The lowest BCUT2D eigenvalue weighted by atomic mass is 9.90. The monoisotopic (exact) mass is 369 g/mol. The van der Waals surface area contributed by atoms with Gasteiger partial charge in [0.2, 0.25) is 5.54 Å². The Kier molecular flexibility index (Phi) is 5.81. The summed E-state index contributed by atoms with van der Waals surface area (Å²) in [5.74, 6) is -2.43. The van der Waals surface area contributed by atoms with Crippen LogP contribution in [0.3, 0.4) is 0 Å². The lowest BCUT2D eigenvalue weighted by Gasteiger charge is -2.28. The van der Waals surface area contributed by atoms with Crippen LogP contribution in [0.2, 0.25) is 0 Å². The van der Waals surface area contributed by atoms with Crippen molar-refractivity contribution in [2.45, 2.75) is 38.3 Å². The summed E-state index contributed by atoms with van der Waals surface area (Å²) in [4.78, 5) is 34.9. The van der Waals surface area contributed by atoms with Gasteiger partial charge in [-0.1, -0.05) is 42.5 Å². The summed E-state index contributed by atoms with van der Waals surface area (Å²) >= 11 is 0. The molecule has 27 heavy (non-hydrogen) atoms. The molecule has 2 aromatic rings. The zero-order valence-electron chi connectivity index (χ0n) is 15.6. The van der Waals surface area contributed by atoms with Crippen molar-refractivity contribution < 1.29 is 24.2 Å². The molecule has 6 nitrogen and oxygen atoms in total. The second kappa shape index (κ2) is 7.72. The lowest BCUT2D eigenvalue weighted by Crippen LogP contribution is -2.58. The van der Waals surface area contributed by atoms with Crippen LogP contribution in [0.1, 0.15) is 36.7 Å². The average Bonchev–Trinajstić information content (AvgIpc) is 2.60. The first-order chi connectivity index (χ1) is 12.5. The number of carbonyl (C=O) groups is 3. The third kappa shape index (κ3) is 5.01. The van der Waals surface area contributed by atoms with Gasteiger partial charge in [-0.3, -0.25) is 4.79 Å². The molecule has 0 amide bonds. The van der Waals surface area contributed by atoms with Crippen LogP contribution in [0.25, 0.3) is 11.1 Å². The van der Waals surface area contributed by atoms with Crippen molar-refractivity contribution >= 4 is 18.2 Å². The predicted molar refractivity (Wildman–Crippen MR) is 101 cm³/mol. The highest BCUT2D eigenvalue weighted by Crippen LogP contribution is 2.23. The number of carboxylic acids is 1. The Labute approximate surface area is 158 Å². The fraction of sp³-hybridized carbons (Fsp3) is 0.286. The van der Waals surface area contributed by atoms with Gasteiger partial charge in [-0.25, -0.2) is 9.59 Å². The molecule has 142 valence electrons. The fourth-order valence-electron chi connectivity index (χ4n) is 2.53. The maximum atomic E-state index is 12.3. The number of hydrogen-bond donors (Lipinski definition) is 2. The highest BCUT2D eigenvalue weighted by Gasteiger charge is 2.45. The lowest BCUT2D eigenvalue weighted by molar-refractivity contribution is -0.169. The van der Waals surface area contributed by atoms with E-state index in [2.05, 4.69) is 0 Å². The molecule has 0 bridgehead atoms. The van der Waals surface area contributed by atoms with Gasteiger partial charge in [0, 0.05) is 12.0 Å². The maximum Gasteiger partial charge on any atom is 0.338 e. The molecule has 0 saturated carbocycles. The van der Waals surface area contributed by atoms with Crippen molar-refractivity contribution in [1.29, 1.82) is 0 Å². The normalized spacial score (nSPS) is 13.5. The number of esters is 1. The predicted octanol–water partition coefficient (Wildman–Crippen LogP) is 2.83. The Morgan fingerprint density at radius 2 is 1.70 bits per heavy atom. The first kappa shape index (κ1) is 20.3. The Balaban J connectivity index is 2.25. The molecule has 6 heteroatoms. The molecule has 3 N–H and O–H groups in total. The van der Waals surface area contributed by atoms with Crippen LogP contribution in [0, 0.1) is 0 Å². The van der Waals surface area contributed by atoms with E-state index < -0.39 is 23.1 Å².